The number of hydrogen-bond acceptors (Lipinski definition) is 6. The highest BCUT2D eigenvalue weighted by Crippen LogP contribution is 2.33. The first-order valence-corrected chi connectivity index (χ1v) is 10.9. The predicted molar refractivity (Wildman–Crippen MR) is 89.9 cm³/mol. The maximum Gasteiger partial charge on any atom is 0.243 e. The number of hydrogen-bond donors (Lipinski definition) is 0. The average Bonchev–Trinajstić information content (AvgIpc) is 3.03. The van der Waals surface area contributed by atoms with Crippen molar-refractivity contribution in [3.63, 3.8) is 0 Å². The monoisotopic (exact) mass is 390 g/mol. The molecule has 25 heavy (non-hydrogen) atoms. The topological polar surface area (TPSA) is 93.2 Å². The Bertz CT molecular complexity index is 817. The number of rotatable bonds is 4. The Balaban J connectivity index is 1.77. The molecule has 2 aliphatic heterocycles. The molecular weight excluding hydrogens is 368 g/mol. The van der Waals surface area contributed by atoms with E-state index in [4.69, 9.17) is 9.47 Å². The summed E-state index contributed by atoms with van der Waals surface area (Å²) >= 11 is 0. The van der Waals surface area contributed by atoms with Crippen LogP contribution >= 0.6 is 0 Å². The standard InChI is InChI=1S/C15H22N2O6S2/c1-16(2)24(18,19)13-3-5-14(6-4-13)25(20,21)17-9-7-15(8-10-17)22-11-12-23-15/h3-6H,7-12H2,1-2H3. The quantitative estimate of drug-likeness (QED) is 0.742. The van der Waals surface area contributed by atoms with Crippen LogP contribution in [-0.2, 0) is 29.5 Å². The van der Waals surface area contributed by atoms with Gasteiger partial charge in [-0.3, -0.25) is 0 Å². The minimum Gasteiger partial charge on any atom is -0.347 e. The van der Waals surface area contributed by atoms with E-state index >= 15 is 0 Å². The highest BCUT2D eigenvalue weighted by Gasteiger charge is 2.42. The average molecular weight is 390 g/mol. The molecule has 3 rings (SSSR count). The van der Waals surface area contributed by atoms with Crippen molar-refractivity contribution < 1.29 is 26.3 Å². The van der Waals surface area contributed by atoms with E-state index in [1.165, 1.54) is 42.7 Å². The molecule has 1 aromatic carbocycles. The van der Waals surface area contributed by atoms with E-state index in [0.29, 0.717) is 39.1 Å². The highest BCUT2D eigenvalue weighted by molar-refractivity contribution is 7.89. The lowest BCUT2D eigenvalue weighted by Gasteiger charge is -2.36. The van der Waals surface area contributed by atoms with Gasteiger partial charge in [0, 0.05) is 40.0 Å². The fraction of sp³-hybridized carbons (Fsp3) is 0.600. The normalized spacial score (nSPS) is 21.9. The SMILES string of the molecule is CN(C)S(=O)(=O)c1ccc(S(=O)(=O)N2CCC3(CC2)OCCO3)cc1. The van der Waals surface area contributed by atoms with E-state index in [2.05, 4.69) is 0 Å². The third kappa shape index (κ3) is 3.46. The third-order valence-electron chi connectivity index (χ3n) is 4.54. The van der Waals surface area contributed by atoms with Gasteiger partial charge in [-0.15, -0.1) is 0 Å². The van der Waals surface area contributed by atoms with E-state index < -0.39 is 25.8 Å². The van der Waals surface area contributed by atoms with Gasteiger partial charge in [-0.2, -0.15) is 4.31 Å². The third-order valence-corrected chi connectivity index (χ3v) is 8.28. The molecule has 1 spiro atoms. The molecule has 0 aromatic heterocycles. The second-order valence-electron chi connectivity index (χ2n) is 6.27. The molecule has 10 heteroatoms. The first kappa shape index (κ1) is 18.7. The second-order valence-corrected chi connectivity index (χ2v) is 10.4. The van der Waals surface area contributed by atoms with Gasteiger partial charge in [-0.05, 0) is 24.3 Å². The van der Waals surface area contributed by atoms with Crippen LogP contribution in [0.4, 0.5) is 0 Å². The van der Waals surface area contributed by atoms with Crippen molar-refractivity contribution in [2.75, 3.05) is 40.4 Å². The molecule has 0 aliphatic carbocycles. The smallest absolute Gasteiger partial charge is 0.243 e. The summed E-state index contributed by atoms with van der Waals surface area (Å²) in [6.07, 6.45) is 0.971. The number of benzene rings is 1. The van der Waals surface area contributed by atoms with Gasteiger partial charge in [-0.25, -0.2) is 21.1 Å². The number of sulfonamides is 2. The van der Waals surface area contributed by atoms with E-state index in [-0.39, 0.29) is 9.79 Å². The molecule has 0 radical (unpaired) electrons. The summed E-state index contributed by atoms with van der Waals surface area (Å²) in [5.74, 6) is -0.643. The summed E-state index contributed by atoms with van der Waals surface area (Å²) < 4.78 is 63.4. The minimum absolute atomic E-state index is 0.0572. The van der Waals surface area contributed by atoms with Crippen LogP contribution in [0.2, 0.25) is 0 Å². The van der Waals surface area contributed by atoms with Crippen LogP contribution in [0, 0.1) is 0 Å². The molecule has 0 N–H and O–H groups in total. The maximum absolute atomic E-state index is 12.8. The molecule has 2 heterocycles. The van der Waals surface area contributed by atoms with Crippen molar-refractivity contribution in [3.05, 3.63) is 24.3 Å². The fourth-order valence-corrected chi connectivity index (χ4v) is 5.34. The molecule has 8 nitrogen and oxygen atoms in total. The Hall–Kier alpha value is -1.04. The summed E-state index contributed by atoms with van der Waals surface area (Å²) in [5.41, 5.74) is 0. The zero-order valence-corrected chi connectivity index (χ0v) is 15.8. The molecule has 0 amide bonds. The van der Waals surface area contributed by atoms with Crippen molar-refractivity contribution in [2.45, 2.75) is 28.4 Å². The lowest BCUT2D eigenvalue weighted by molar-refractivity contribution is -0.179. The lowest BCUT2D eigenvalue weighted by Crippen LogP contribution is -2.47. The van der Waals surface area contributed by atoms with Gasteiger partial charge in [0.1, 0.15) is 0 Å². The molecule has 0 unspecified atom stereocenters. The zero-order chi connectivity index (χ0) is 18.3. The molecular formula is C15H22N2O6S2. The zero-order valence-electron chi connectivity index (χ0n) is 14.2. The highest BCUT2D eigenvalue weighted by atomic mass is 32.2. The fourth-order valence-electron chi connectivity index (χ4n) is 3.00. The van der Waals surface area contributed by atoms with Crippen LogP contribution in [0.1, 0.15) is 12.8 Å². The van der Waals surface area contributed by atoms with Crippen molar-refractivity contribution >= 4 is 20.0 Å². The van der Waals surface area contributed by atoms with Gasteiger partial charge < -0.3 is 9.47 Å². The summed E-state index contributed by atoms with van der Waals surface area (Å²) in [4.78, 5) is 0.135. The first-order chi connectivity index (χ1) is 11.7. The minimum atomic E-state index is -3.68. The lowest BCUT2D eigenvalue weighted by atomic mass is 10.1. The summed E-state index contributed by atoms with van der Waals surface area (Å²) in [7, 11) is -4.41. The van der Waals surface area contributed by atoms with Crippen molar-refractivity contribution in [3.8, 4) is 0 Å². The molecule has 0 atom stereocenters. The van der Waals surface area contributed by atoms with E-state index in [1.54, 1.807) is 0 Å². The molecule has 2 fully saturated rings. The van der Waals surface area contributed by atoms with Crippen LogP contribution in [0.15, 0.2) is 34.1 Å². The predicted octanol–water partition coefficient (Wildman–Crippen LogP) is 0.465. The molecule has 2 aliphatic rings. The first-order valence-electron chi connectivity index (χ1n) is 7.98. The molecule has 0 saturated carbocycles. The Morgan fingerprint density at radius 1 is 0.920 bits per heavy atom. The van der Waals surface area contributed by atoms with Crippen LogP contribution in [0.3, 0.4) is 0 Å². The van der Waals surface area contributed by atoms with Gasteiger partial charge in [-0.1, -0.05) is 0 Å². The Labute approximate surface area is 148 Å². The summed E-state index contributed by atoms with van der Waals surface area (Å²) in [6.45, 7) is 1.68. The van der Waals surface area contributed by atoms with Gasteiger partial charge in [0.05, 0.1) is 23.0 Å². The van der Waals surface area contributed by atoms with E-state index in [1.807, 2.05) is 0 Å². The van der Waals surface area contributed by atoms with Gasteiger partial charge in [0.25, 0.3) is 0 Å². The molecule has 140 valence electrons. The maximum atomic E-state index is 12.8. The molecule has 0 bridgehead atoms. The number of piperidine rings is 1. The Morgan fingerprint density at radius 3 is 1.88 bits per heavy atom. The van der Waals surface area contributed by atoms with Crippen molar-refractivity contribution in [2.24, 2.45) is 0 Å². The Kier molecular flexibility index (Phi) is 4.95. The van der Waals surface area contributed by atoms with Gasteiger partial charge in [0.2, 0.25) is 20.0 Å². The largest absolute Gasteiger partial charge is 0.347 e. The van der Waals surface area contributed by atoms with Crippen LogP contribution < -0.4 is 0 Å². The number of ether oxygens (including phenoxy) is 2. The number of nitrogens with zero attached hydrogens (tertiary/aromatic N) is 2. The van der Waals surface area contributed by atoms with Crippen molar-refractivity contribution in [1.82, 2.24) is 8.61 Å². The Morgan fingerprint density at radius 2 is 1.40 bits per heavy atom. The van der Waals surface area contributed by atoms with Gasteiger partial charge in [0.15, 0.2) is 5.79 Å². The molecule has 1 aromatic rings. The van der Waals surface area contributed by atoms with Crippen molar-refractivity contribution in [1.29, 1.82) is 0 Å². The van der Waals surface area contributed by atoms with Crippen LogP contribution in [-0.4, -0.2) is 71.6 Å². The second kappa shape index (κ2) is 6.60. The van der Waals surface area contributed by atoms with Crippen LogP contribution in [0.25, 0.3) is 0 Å². The summed E-state index contributed by atoms with van der Waals surface area (Å²) in [6, 6.07) is 5.30. The van der Waals surface area contributed by atoms with E-state index in [0.717, 1.165) is 4.31 Å². The van der Waals surface area contributed by atoms with Gasteiger partial charge >= 0.3 is 0 Å². The van der Waals surface area contributed by atoms with Crippen LogP contribution in [0.5, 0.6) is 0 Å². The molecule has 2 saturated heterocycles. The van der Waals surface area contributed by atoms with E-state index in [9.17, 15) is 16.8 Å². The summed E-state index contributed by atoms with van der Waals surface area (Å²) in [5, 5.41) is 0.